The molecule has 2 aromatic rings. The van der Waals surface area contributed by atoms with Gasteiger partial charge in [0.1, 0.15) is 0 Å². The van der Waals surface area contributed by atoms with Gasteiger partial charge in [0.2, 0.25) is 0 Å². The summed E-state index contributed by atoms with van der Waals surface area (Å²) >= 11 is 0. The van der Waals surface area contributed by atoms with Gasteiger partial charge in [0.15, 0.2) is 0 Å². The first-order chi connectivity index (χ1) is 9.12. The summed E-state index contributed by atoms with van der Waals surface area (Å²) in [5.74, 6) is 0. The maximum atomic E-state index is 11.9. The average molecular weight is 273 g/mol. The van der Waals surface area contributed by atoms with Gasteiger partial charge in [-0.3, -0.25) is 4.18 Å². The Bertz CT molecular complexity index is 686. The van der Waals surface area contributed by atoms with Crippen molar-refractivity contribution in [2.24, 2.45) is 0 Å². The molecule has 0 amide bonds. The number of hydrogen-bond acceptors (Lipinski definition) is 4. The monoisotopic (exact) mass is 273 g/mol. The van der Waals surface area contributed by atoms with Crippen molar-refractivity contribution in [3.05, 3.63) is 65.7 Å². The minimum atomic E-state index is -3.74. The van der Waals surface area contributed by atoms with Crippen molar-refractivity contribution in [3.63, 3.8) is 0 Å². The topological polar surface area (TPSA) is 67.2 Å². The fraction of sp³-hybridized carbons (Fsp3) is 0.0714. The summed E-state index contributed by atoms with van der Waals surface area (Å²) in [6.45, 7) is -0.0526. The standard InChI is InChI=1S/C14H11NO3S/c15-10-12-6-8-13(9-7-12)11-18-19(16,17)14-4-2-1-3-5-14/h1-9H,11H2. The molecule has 2 aromatic carbocycles. The normalized spacial score (nSPS) is 10.9. The highest BCUT2D eigenvalue weighted by Gasteiger charge is 2.14. The quantitative estimate of drug-likeness (QED) is 0.802. The van der Waals surface area contributed by atoms with E-state index < -0.39 is 10.1 Å². The van der Waals surface area contributed by atoms with Crippen molar-refractivity contribution in [3.8, 4) is 6.07 Å². The minimum Gasteiger partial charge on any atom is -0.262 e. The third kappa shape index (κ3) is 3.41. The Morgan fingerprint density at radius 2 is 1.63 bits per heavy atom. The first-order valence-corrected chi connectivity index (χ1v) is 6.96. The maximum absolute atomic E-state index is 11.9. The third-order valence-corrected chi connectivity index (χ3v) is 3.77. The van der Waals surface area contributed by atoms with Gasteiger partial charge in [-0.25, -0.2) is 0 Å². The van der Waals surface area contributed by atoms with E-state index >= 15 is 0 Å². The molecule has 0 N–H and O–H groups in total. The van der Waals surface area contributed by atoms with E-state index in [9.17, 15) is 8.42 Å². The minimum absolute atomic E-state index is 0.0526. The van der Waals surface area contributed by atoms with Gasteiger partial charge in [-0.15, -0.1) is 0 Å². The van der Waals surface area contributed by atoms with Gasteiger partial charge in [-0.05, 0) is 29.8 Å². The van der Waals surface area contributed by atoms with Gasteiger partial charge in [0.05, 0.1) is 23.1 Å². The number of benzene rings is 2. The Morgan fingerprint density at radius 3 is 2.21 bits per heavy atom. The lowest BCUT2D eigenvalue weighted by Gasteiger charge is -2.05. The van der Waals surface area contributed by atoms with Crippen LogP contribution >= 0.6 is 0 Å². The number of rotatable bonds is 4. The molecule has 19 heavy (non-hydrogen) atoms. The average Bonchev–Trinajstić information content (AvgIpc) is 2.47. The van der Waals surface area contributed by atoms with E-state index in [0.717, 1.165) is 0 Å². The third-order valence-electron chi connectivity index (χ3n) is 2.50. The van der Waals surface area contributed by atoms with Gasteiger partial charge in [-0.2, -0.15) is 13.7 Å². The second kappa shape index (κ2) is 5.65. The number of nitriles is 1. The van der Waals surface area contributed by atoms with Crippen LogP contribution in [0.2, 0.25) is 0 Å². The Hall–Kier alpha value is -2.16. The molecule has 0 aliphatic carbocycles. The molecule has 2 rings (SSSR count). The van der Waals surface area contributed by atoms with E-state index in [1.54, 1.807) is 42.5 Å². The highest BCUT2D eigenvalue weighted by Crippen LogP contribution is 2.14. The Kier molecular flexibility index (Phi) is 3.95. The van der Waals surface area contributed by atoms with Gasteiger partial charge in [-0.1, -0.05) is 30.3 Å². The van der Waals surface area contributed by atoms with Crippen molar-refractivity contribution in [1.29, 1.82) is 5.26 Å². The van der Waals surface area contributed by atoms with Gasteiger partial charge >= 0.3 is 0 Å². The SMILES string of the molecule is N#Cc1ccc(COS(=O)(=O)c2ccccc2)cc1. The van der Waals surface area contributed by atoms with Crippen LogP contribution in [0.1, 0.15) is 11.1 Å². The molecular weight excluding hydrogens is 262 g/mol. The Balaban J connectivity index is 2.08. The number of nitrogens with zero attached hydrogens (tertiary/aromatic N) is 1. The van der Waals surface area contributed by atoms with Crippen LogP contribution in [-0.4, -0.2) is 8.42 Å². The molecule has 0 saturated heterocycles. The van der Waals surface area contributed by atoms with E-state index in [1.807, 2.05) is 6.07 Å². The molecule has 0 heterocycles. The first kappa shape index (κ1) is 13.3. The summed E-state index contributed by atoms with van der Waals surface area (Å²) in [6, 6.07) is 16.5. The molecule has 0 fully saturated rings. The van der Waals surface area contributed by atoms with Crippen molar-refractivity contribution in [2.75, 3.05) is 0 Å². The predicted molar refractivity (Wildman–Crippen MR) is 69.6 cm³/mol. The lowest BCUT2D eigenvalue weighted by atomic mass is 10.2. The lowest BCUT2D eigenvalue weighted by Crippen LogP contribution is -2.06. The molecular formula is C14H11NO3S. The second-order valence-corrected chi connectivity index (χ2v) is 5.45. The summed E-state index contributed by atoms with van der Waals surface area (Å²) < 4.78 is 28.7. The molecule has 5 heteroatoms. The zero-order valence-corrected chi connectivity index (χ0v) is 10.8. The summed E-state index contributed by atoms with van der Waals surface area (Å²) in [4.78, 5) is 0.128. The number of hydrogen-bond donors (Lipinski definition) is 0. The zero-order chi connectivity index (χ0) is 13.7. The van der Waals surface area contributed by atoms with Crippen LogP contribution in [0.15, 0.2) is 59.5 Å². The van der Waals surface area contributed by atoms with Crippen molar-refractivity contribution in [1.82, 2.24) is 0 Å². The maximum Gasteiger partial charge on any atom is 0.297 e. The second-order valence-electron chi connectivity index (χ2n) is 3.84. The van der Waals surface area contributed by atoms with Crippen LogP contribution in [0, 0.1) is 11.3 Å². The Labute approximate surface area is 112 Å². The van der Waals surface area contributed by atoms with E-state index in [4.69, 9.17) is 9.44 Å². The fourth-order valence-electron chi connectivity index (χ4n) is 1.48. The van der Waals surface area contributed by atoms with Crippen molar-refractivity contribution >= 4 is 10.1 Å². The highest BCUT2D eigenvalue weighted by atomic mass is 32.2. The highest BCUT2D eigenvalue weighted by molar-refractivity contribution is 7.86. The summed E-state index contributed by atoms with van der Waals surface area (Å²) in [7, 11) is -3.74. The summed E-state index contributed by atoms with van der Waals surface area (Å²) in [5, 5.41) is 8.66. The molecule has 4 nitrogen and oxygen atoms in total. The van der Waals surface area contributed by atoms with E-state index in [2.05, 4.69) is 0 Å². The fourth-order valence-corrected chi connectivity index (χ4v) is 2.39. The van der Waals surface area contributed by atoms with E-state index in [-0.39, 0.29) is 11.5 Å². The van der Waals surface area contributed by atoms with Crippen LogP contribution in [0.3, 0.4) is 0 Å². The summed E-state index contributed by atoms with van der Waals surface area (Å²) in [5.41, 5.74) is 1.22. The summed E-state index contributed by atoms with van der Waals surface area (Å²) in [6.07, 6.45) is 0. The molecule has 0 saturated carbocycles. The van der Waals surface area contributed by atoms with Crippen molar-refractivity contribution < 1.29 is 12.6 Å². The van der Waals surface area contributed by atoms with E-state index in [1.165, 1.54) is 12.1 Å². The molecule has 96 valence electrons. The smallest absolute Gasteiger partial charge is 0.262 e. The van der Waals surface area contributed by atoms with Crippen molar-refractivity contribution in [2.45, 2.75) is 11.5 Å². The molecule has 0 aliphatic rings. The van der Waals surface area contributed by atoms with Crippen LogP contribution in [0.25, 0.3) is 0 Å². The molecule has 0 aliphatic heterocycles. The largest absolute Gasteiger partial charge is 0.297 e. The van der Waals surface area contributed by atoms with E-state index in [0.29, 0.717) is 11.1 Å². The predicted octanol–water partition coefficient (Wildman–Crippen LogP) is 2.46. The first-order valence-electron chi connectivity index (χ1n) is 5.55. The Morgan fingerprint density at radius 1 is 1.00 bits per heavy atom. The van der Waals surface area contributed by atoms with Crippen LogP contribution in [-0.2, 0) is 20.9 Å². The van der Waals surface area contributed by atoms with Crippen LogP contribution in [0.5, 0.6) is 0 Å². The van der Waals surface area contributed by atoms with Crippen LogP contribution in [0.4, 0.5) is 0 Å². The molecule has 0 unspecified atom stereocenters. The molecule has 0 spiro atoms. The zero-order valence-electron chi connectivity index (χ0n) is 9.98. The lowest BCUT2D eigenvalue weighted by molar-refractivity contribution is 0.308. The molecule has 0 radical (unpaired) electrons. The van der Waals surface area contributed by atoms with Gasteiger partial charge in [0.25, 0.3) is 10.1 Å². The van der Waals surface area contributed by atoms with Crippen LogP contribution < -0.4 is 0 Å². The molecule has 0 aromatic heterocycles. The molecule has 0 bridgehead atoms. The van der Waals surface area contributed by atoms with Gasteiger partial charge < -0.3 is 0 Å². The molecule has 0 atom stereocenters. The van der Waals surface area contributed by atoms with Gasteiger partial charge in [0, 0.05) is 0 Å².